The molecular formula is C27H27N5O2. The van der Waals surface area contributed by atoms with Gasteiger partial charge in [0.2, 0.25) is 5.88 Å². The summed E-state index contributed by atoms with van der Waals surface area (Å²) in [6.07, 6.45) is 10.6. The van der Waals surface area contributed by atoms with Crippen molar-refractivity contribution in [2.24, 2.45) is 0 Å². The molecule has 1 atom stereocenters. The van der Waals surface area contributed by atoms with E-state index in [9.17, 15) is 4.79 Å². The topological polar surface area (TPSA) is 73.1 Å². The number of carbonyl (C=O) groups is 1. The fourth-order valence-corrected chi connectivity index (χ4v) is 4.48. The standard InChI is InChI=1S/C27H27N5O2/c1-20-6-4-9-23(16-20)34-26-25(29-11-12-30-26)22-8-5-14-32(18-22)27(33)24-10-3-2-7-21(24)17-31-15-13-28-19-31/h2-4,6-7,9-13,15-16,19,22H,5,8,14,17-18H2,1H3/t22-/m1/s1. The fourth-order valence-electron chi connectivity index (χ4n) is 4.48. The summed E-state index contributed by atoms with van der Waals surface area (Å²) in [5.41, 5.74) is 3.63. The number of benzene rings is 2. The summed E-state index contributed by atoms with van der Waals surface area (Å²) >= 11 is 0. The van der Waals surface area contributed by atoms with Crippen molar-refractivity contribution in [3.8, 4) is 11.6 Å². The minimum atomic E-state index is 0.0467. The molecule has 4 aromatic rings. The molecule has 172 valence electrons. The molecule has 1 amide bonds. The van der Waals surface area contributed by atoms with Gasteiger partial charge in [-0.1, -0.05) is 30.3 Å². The molecule has 3 heterocycles. The van der Waals surface area contributed by atoms with Crippen LogP contribution in [0.2, 0.25) is 0 Å². The quantitative estimate of drug-likeness (QED) is 0.418. The van der Waals surface area contributed by atoms with Crippen LogP contribution >= 0.6 is 0 Å². The van der Waals surface area contributed by atoms with E-state index in [1.807, 2.05) is 71.1 Å². The van der Waals surface area contributed by atoms with Gasteiger partial charge in [-0.15, -0.1) is 0 Å². The van der Waals surface area contributed by atoms with Gasteiger partial charge in [-0.05, 0) is 49.1 Å². The summed E-state index contributed by atoms with van der Waals surface area (Å²) in [6, 6.07) is 15.7. The number of ether oxygens (including phenoxy) is 1. The van der Waals surface area contributed by atoms with E-state index in [0.717, 1.165) is 47.5 Å². The van der Waals surface area contributed by atoms with E-state index in [2.05, 4.69) is 15.0 Å². The number of rotatable bonds is 6. The molecule has 0 spiro atoms. The molecule has 2 aromatic carbocycles. The smallest absolute Gasteiger partial charge is 0.254 e. The van der Waals surface area contributed by atoms with Crippen LogP contribution in [-0.2, 0) is 6.54 Å². The molecular weight excluding hydrogens is 426 g/mol. The second kappa shape index (κ2) is 9.87. The van der Waals surface area contributed by atoms with Crippen molar-refractivity contribution in [2.45, 2.75) is 32.2 Å². The monoisotopic (exact) mass is 453 g/mol. The molecule has 1 saturated heterocycles. The van der Waals surface area contributed by atoms with E-state index < -0.39 is 0 Å². The lowest BCUT2D eigenvalue weighted by atomic mass is 9.93. The summed E-state index contributed by atoms with van der Waals surface area (Å²) in [6.45, 7) is 3.95. The highest BCUT2D eigenvalue weighted by Crippen LogP contribution is 2.33. The van der Waals surface area contributed by atoms with Crippen LogP contribution < -0.4 is 4.74 Å². The van der Waals surface area contributed by atoms with E-state index in [1.54, 1.807) is 24.9 Å². The van der Waals surface area contributed by atoms with E-state index >= 15 is 0 Å². The maximum Gasteiger partial charge on any atom is 0.254 e. The Morgan fingerprint density at radius 2 is 1.97 bits per heavy atom. The van der Waals surface area contributed by atoms with Crippen LogP contribution in [0.3, 0.4) is 0 Å². The second-order valence-electron chi connectivity index (χ2n) is 8.65. The fraction of sp³-hybridized carbons (Fsp3) is 0.259. The number of hydrogen-bond acceptors (Lipinski definition) is 5. The summed E-state index contributed by atoms with van der Waals surface area (Å²) in [4.78, 5) is 28.7. The molecule has 7 nitrogen and oxygen atoms in total. The molecule has 0 radical (unpaired) electrons. The zero-order chi connectivity index (χ0) is 23.3. The number of carbonyl (C=O) groups excluding carboxylic acids is 1. The lowest BCUT2D eigenvalue weighted by molar-refractivity contribution is 0.0703. The number of imidazole rings is 1. The molecule has 2 aromatic heterocycles. The van der Waals surface area contributed by atoms with Crippen LogP contribution in [0.15, 0.2) is 79.6 Å². The lowest BCUT2D eigenvalue weighted by Crippen LogP contribution is -2.39. The van der Waals surface area contributed by atoms with Gasteiger partial charge in [0, 0.05) is 55.9 Å². The summed E-state index contributed by atoms with van der Waals surface area (Å²) in [5.74, 6) is 1.35. The van der Waals surface area contributed by atoms with Crippen molar-refractivity contribution in [2.75, 3.05) is 13.1 Å². The van der Waals surface area contributed by atoms with E-state index in [0.29, 0.717) is 19.0 Å². The lowest BCUT2D eigenvalue weighted by Gasteiger charge is -2.33. The van der Waals surface area contributed by atoms with Crippen LogP contribution in [-0.4, -0.2) is 43.4 Å². The minimum absolute atomic E-state index is 0.0467. The highest BCUT2D eigenvalue weighted by Gasteiger charge is 2.29. The summed E-state index contributed by atoms with van der Waals surface area (Å²) in [5, 5.41) is 0. The Morgan fingerprint density at radius 1 is 1.09 bits per heavy atom. The zero-order valence-electron chi connectivity index (χ0n) is 19.2. The first-order chi connectivity index (χ1) is 16.7. The number of aromatic nitrogens is 4. The Balaban J connectivity index is 1.36. The molecule has 0 saturated carbocycles. The van der Waals surface area contributed by atoms with E-state index in [1.165, 1.54) is 0 Å². The van der Waals surface area contributed by atoms with Gasteiger partial charge in [0.1, 0.15) is 11.4 Å². The Kier molecular flexibility index (Phi) is 6.33. The average Bonchev–Trinajstić information content (AvgIpc) is 3.38. The van der Waals surface area contributed by atoms with Crippen LogP contribution in [0, 0.1) is 6.92 Å². The molecule has 5 rings (SSSR count). The number of hydrogen-bond donors (Lipinski definition) is 0. The number of likely N-dealkylation sites (tertiary alicyclic amines) is 1. The third kappa shape index (κ3) is 4.83. The van der Waals surface area contributed by atoms with Gasteiger partial charge in [-0.3, -0.25) is 9.78 Å². The van der Waals surface area contributed by atoms with Gasteiger partial charge in [-0.25, -0.2) is 9.97 Å². The molecule has 0 aliphatic carbocycles. The molecule has 1 fully saturated rings. The first-order valence-electron chi connectivity index (χ1n) is 11.6. The van der Waals surface area contributed by atoms with Gasteiger partial charge in [0.05, 0.1) is 6.33 Å². The molecule has 1 aliphatic rings. The molecule has 1 aliphatic heterocycles. The predicted octanol–water partition coefficient (Wildman–Crippen LogP) is 4.84. The predicted molar refractivity (Wildman–Crippen MR) is 129 cm³/mol. The highest BCUT2D eigenvalue weighted by atomic mass is 16.5. The van der Waals surface area contributed by atoms with Gasteiger partial charge in [0.25, 0.3) is 5.91 Å². The normalized spacial score (nSPS) is 15.8. The molecule has 34 heavy (non-hydrogen) atoms. The number of nitrogens with zero attached hydrogens (tertiary/aromatic N) is 5. The summed E-state index contributed by atoms with van der Waals surface area (Å²) in [7, 11) is 0. The maximum atomic E-state index is 13.6. The number of piperidine rings is 1. The van der Waals surface area contributed by atoms with Crippen LogP contribution in [0.25, 0.3) is 0 Å². The Morgan fingerprint density at radius 3 is 2.82 bits per heavy atom. The SMILES string of the molecule is Cc1cccc(Oc2nccnc2[C@@H]2CCCN(C(=O)c3ccccc3Cn3ccnc3)C2)c1. The zero-order valence-corrected chi connectivity index (χ0v) is 19.2. The van der Waals surface area contributed by atoms with Crippen molar-refractivity contribution in [3.05, 3.63) is 102 Å². The Hall–Kier alpha value is -4.00. The van der Waals surface area contributed by atoms with Crippen molar-refractivity contribution in [1.82, 2.24) is 24.4 Å². The second-order valence-corrected chi connectivity index (χ2v) is 8.65. The third-order valence-corrected chi connectivity index (χ3v) is 6.15. The third-order valence-electron chi connectivity index (χ3n) is 6.15. The molecule has 7 heteroatoms. The number of aryl methyl sites for hydroxylation is 1. The Labute approximate surface area is 199 Å². The van der Waals surface area contributed by atoms with Crippen molar-refractivity contribution in [1.29, 1.82) is 0 Å². The van der Waals surface area contributed by atoms with Gasteiger partial charge in [-0.2, -0.15) is 0 Å². The largest absolute Gasteiger partial charge is 0.437 e. The molecule has 0 N–H and O–H groups in total. The van der Waals surface area contributed by atoms with Crippen molar-refractivity contribution >= 4 is 5.91 Å². The first-order valence-corrected chi connectivity index (χ1v) is 11.6. The van der Waals surface area contributed by atoms with E-state index in [4.69, 9.17) is 4.74 Å². The maximum absolute atomic E-state index is 13.6. The van der Waals surface area contributed by atoms with Crippen LogP contribution in [0.1, 0.15) is 45.9 Å². The van der Waals surface area contributed by atoms with Crippen LogP contribution in [0.5, 0.6) is 11.6 Å². The van der Waals surface area contributed by atoms with Crippen LogP contribution in [0.4, 0.5) is 0 Å². The van der Waals surface area contributed by atoms with E-state index in [-0.39, 0.29) is 11.8 Å². The van der Waals surface area contributed by atoms with Crippen molar-refractivity contribution < 1.29 is 9.53 Å². The van der Waals surface area contributed by atoms with Gasteiger partial charge >= 0.3 is 0 Å². The molecule has 0 unspecified atom stereocenters. The highest BCUT2D eigenvalue weighted by molar-refractivity contribution is 5.95. The summed E-state index contributed by atoms with van der Waals surface area (Å²) < 4.78 is 8.09. The van der Waals surface area contributed by atoms with Gasteiger partial charge < -0.3 is 14.2 Å². The first kappa shape index (κ1) is 21.8. The van der Waals surface area contributed by atoms with Crippen molar-refractivity contribution in [3.63, 3.8) is 0 Å². The average molecular weight is 454 g/mol. The Bertz CT molecular complexity index is 1270. The molecule has 0 bridgehead atoms. The minimum Gasteiger partial charge on any atom is -0.437 e. The van der Waals surface area contributed by atoms with Gasteiger partial charge in [0.15, 0.2) is 0 Å². The number of amides is 1.